The van der Waals surface area contributed by atoms with E-state index < -0.39 is 17.7 Å². The first kappa shape index (κ1) is 29.6. The van der Waals surface area contributed by atoms with Crippen molar-refractivity contribution in [2.45, 2.75) is 57.8 Å². The molecule has 6 nitrogen and oxygen atoms in total. The van der Waals surface area contributed by atoms with Crippen molar-refractivity contribution in [2.75, 3.05) is 39.9 Å². The molecule has 220 valence electrons. The number of pyridine rings is 1. The number of likely N-dealkylation sites (tertiary alicyclic amines) is 1. The molecule has 2 aliphatic rings. The molecule has 0 atom stereocenters. The van der Waals surface area contributed by atoms with Crippen LogP contribution in [0.1, 0.15) is 60.5 Å². The van der Waals surface area contributed by atoms with Crippen LogP contribution in [0, 0.1) is 0 Å². The number of halogens is 4. The minimum atomic E-state index is -4.52. The van der Waals surface area contributed by atoms with E-state index >= 15 is 0 Å². The van der Waals surface area contributed by atoms with Crippen molar-refractivity contribution in [1.29, 1.82) is 0 Å². The lowest BCUT2D eigenvalue weighted by Crippen LogP contribution is -2.60. The van der Waals surface area contributed by atoms with Crippen molar-refractivity contribution in [3.05, 3.63) is 58.1 Å². The van der Waals surface area contributed by atoms with Crippen molar-refractivity contribution >= 4 is 28.5 Å². The zero-order valence-electron chi connectivity index (χ0n) is 23.5. The van der Waals surface area contributed by atoms with Gasteiger partial charge in [-0.1, -0.05) is 23.7 Å². The van der Waals surface area contributed by atoms with E-state index in [1.54, 1.807) is 18.2 Å². The highest BCUT2D eigenvalue weighted by Gasteiger charge is 2.41. The topological polar surface area (TPSA) is 60.5 Å². The third-order valence-corrected chi connectivity index (χ3v) is 8.85. The van der Waals surface area contributed by atoms with Crippen molar-refractivity contribution in [3.63, 3.8) is 0 Å². The minimum absolute atomic E-state index is 0.298. The van der Waals surface area contributed by atoms with E-state index in [9.17, 15) is 18.0 Å². The molecule has 2 fully saturated rings. The first-order valence-corrected chi connectivity index (χ1v) is 14.7. The van der Waals surface area contributed by atoms with Gasteiger partial charge in [0.2, 0.25) is 0 Å². The van der Waals surface area contributed by atoms with Crippen molar-refractivity contribution in [1.82, 2.24) is 10.3 Å². The molecule has 3 aromatic rings. The number of aromatic nitrogens is 1. The summed E-state index contributed by atoms with van der Waals surface area (Å²) in [6.07, 6.45) is 0.723. The summed E-state index contributed by atoms with van der Waals surface area (Å²) in [5.74, 6) is -0.178. The molecule has 2 aliphatic heterocycles. The van der Waals surface area contributed by atoms with Gasteiger partial charge in [0, 0.05) is 48.5 Å². The maximum absolute atomic E-state index is 13.8. The van der Waals surface area contributed by atoms with Crippen LogP contribution >= 0.6 is 11.6 Å². The zero-order chi connectivity index (χ0) is 29.2. The number of esters is 1. The number of nitrogens with zero attached hydrogens (tertiary/aromatic N) is 2. The number of benzene rings is 2. The average molecular weight is 591 g/mol. The molecular formula is C31H36ClF3N3O3+. The number of ether oxygens (including phenoxy) is 2. The number of nitrogens with one attached hydrogen (secondary N) is 1. The third-order valence-electron chi connectivity index (χ3n) is 8.56. The summed E-state index contributed by atoms with van der Waals surface area (Å²) in [5, 5.41) is 4.27. The number of carbonyl (C=O) groups is 1. The molecule has 10 heteroatoms. The smallest absolute Gasteiger partial charge is 0.416 e. The van der Waals surface area contributed by atoms with Crippen LogP contribution in [0.15, 0.2) is 36.4 Å². The minimum Gasteiger partial charge on any atom is -0.492 e. The largest absolute Gasteiger partial charge is 0.492 e. The fourth-order valence-corrected chi connectivity index (χ4v) is 6.82. The number of quaternary nitrogens is 1. The van der Waals surface area contributed by atoms with Crippen LogP contribution in [0.2, 0.25) is 5.02 Å². The summed E-state index contributed by atoms with van der Waals surface area (Å²) < 4.78 is 53.2. The Morgan fingerprint density at radius 2 is 1.85 bits per heavy atom. The highest BCUT2D eigenvalue weighted by Crippen LogP contribution is 2.41. The van der Waals surface area contributed by atoms with Gasteiger partial charge in [-0.05, 0) is 44.4 Å². The molecular weight excluding hydrogens is 555 g/mol. The fourth-order valence-electron chi connectivity index (χ4n) is 6.60. The highest BCUT2D eigenvalue weighted by molar-refractivity contribution is 6.33. The zero-order valence-corrected chi connectivity index (χ0v) is 24.2. The van der Waals surface area contributed by atoms with E-state index in [2.05, 4.69) is 5.32 Å². The van der Waals surface area contributed by atoms with Gasteiger partial charge in [-0.25, -0.2) is 9.78 Å². The summed E-state index contributed by atoms with van der Waals surface area (Å²) >= 11 is 6.58. The Labute approximate surface area is 243 Å². The maximum Gasteiger partial charge on any atom is 0.416 e. The van der Waals surface area contributed by atoms with Crippen LogP contribution in [-0.2, 0) is 17.5 Å². The first-order chi connectivity index (χ1) is 19.7. The monoisotopic (exact) mass is 590 g/mol. The van der Waals surface area contributed by atoms with Gasteiger partial charge in [0.05, 0.1) is 60.2 Å². The number of alkyl halides is 3. The lowest BCUT2D eigenvalue weighted by molar-refractivity contribution is -0.968. The van der Waals surface area contributed by atoms with E-state index in [4.69, 9.17) is 26.1 Å². The lowest BCUT2D eigenvalue weighted by atomic mass is 9.90. The standard InChI is InChI=1S/C31H36ClF3N3O3/c1-3-41-27-18-26-23(17-25(27)32)28(30(39)40-2)24(29(37-26)20-8-7-9-21(16-20)31(33,34)35)19-38(14-5-4-6-15-38)22-10-12-36-13-11-22/h7-9,16-18,22,36H,3-6,10-15,19H2,1-2H3/q+1. The second-order valence-corrected chi connectivity index (χ2v) is 11.4. The second kappa shape index (κ2) is 12.2. The van der Waals surface area contributed by atoms with Crippen LogP contribution in [0.25, 0.3) is 22.2 Å². The molecule has 0 radical (unpaired) electrons. The van der Waals surface area contributed by atoms with Crippen molar-refractivity contribution in [2.24, 2.45) is 0 Å². The number of hydrogen-bond donors (Lipinski definition) is 1. The molecule has 3 heterocycles. The predicted molar refractivity (Wildman–Crippen MR) is 153 cm³/mol. The summed E-state index contributed by atoms with van der Waals surface area (Å²) in [5.41, 5.74) is 1.19. The molecule has 2 saturated heterocycles. The molecule has 0 bridgehead atoms. The Hall–Kier alpha value is -2.88. The van der Waals surface area contributed by atoms with Crippen LogP contribution in [0.3, 0.4) is 0 Å². The maximum atomic E-state index is 13.8. The Bertz CT molecular complexity index is 1420. The molecule has 2 aromatic carbocycles. The number of rotatable bonds is 7. The molecule has 41 heavy (non-hydrogen) atoms. The number of carbonyl (C=O) groups excluding carboxylic acids is 1. The summed E-state index contributed by atoms with van der Waals surface area (Å²) in [7, 11) is 1.32. The number of fused-ring (bicyclic) bond motifs is 1. The first-order valence-electron chi connectivity index (χ1n) is 14.3. The fraction of sp³-hybridized carbons (Fsp3) is 0.484. The van der Waals surface area contributed by atoms with Crippen LogP contribution in [-0.4, -0.2) is 61.4 Å². The lowest BCUT2D eigenvalue weighted by Gasteiger charge is -2.49. The van der Waals surface area contributed by atoms with Gasteiger partial charge in [-0.3, -0.25) is 0 Å². The van der Waals surface area contributed by atoms with Crippen LogP contribution in [0.4, 0.5) is 13.2 Å². The van der Waals surface area contributed by atoms with Crippen molar-refractivity contribution in [3.8, 4) is 17.0 Å². The second-order valence-electron chi connectivity index (χ2n) is 11.0. The van der Waals surface area contributed by atoms with Gasteiger partial charge in [-0.15, -0.1) is 0 Å². The number of methoxy groups -OCH3 is 1. The van der Waals surface area contributed by atoms with Gasteiger partial charge in [-0.2, -0.15) is 13.2 Å². The molecule has 1 N–H and O–H groups in total. The Balaban J connectivity index is 1.80. The van der Waals surface area contributed by atoms with Crippen molar-refractivity contribution < 1.29 is 31.9 Å². The normalized spacial score (nSPS) is 17.9. The van der Waals surface area contributed by atoms with E-state index in [-0.39, 0.29) is 0 Å². The predicted octanol–water partition coefficient (Wildman–Crippen LogP) is 7.01. The summed E-state index contributed by atoms with van der Waals surface area (Å²) in [6, 6.07) is 8.85. The van der Waals surface area contributed by atoms with Gasteiger partial charge in [0.1, 0.15) is 12.3 Å². The molecule has 0 amide bonds. The quantitative estimate of drug-likeness (QED) is 0.237. The Kier molecular flexibility index (Phi) is 8.78. The van der Waals surface area contributed by atoms with E-state index in [1.165, 1.54) is 13.2 Å². The summed E-state index contributed by atoms with van der Waals surface area (Å²) in [6.45, 7) is 6.37. The van der Waals surface area contributed by atoms with Gasteiger partial charge < -0.3 is 19.3 Å². The van der Waals surface area contributed by atoms with E-state index in [0.717, 1.165) is 74.9 Å². The van der Waals surface area contributed by atoms with Crippen LogP contribution in [0.5, 0.6) is 5.75 Å². The third kappa shape index (κ3) is 6.03. The number of piperidine rings is 2. The highest BCUT2D eigenvalue weighted by atomic mass is 35.5. The van der Waals surface area contributed by atoms with Gasteiger partial charge >= 0.3 is 12.1 Å². The Morgan fingerprint density at radius 3 is 2.51 bits per heavy atom. The van der Waals surface area contributed by atoms with Crippen LogP contribution < -0.4 is 10.1 Å². The number of hydrogen-bond acceptors (Lipinski definition) is 5. The molecule has 1 aromatic heterocycles. The van der Waals surface area contributed by atoms with E-state index in [1.807, 2.05) is 6.92 Å². The molecule has 0 aliphatic carbocycles. The van der Waals surface area contributed by atoms with Gasteiger partial charge in [0.25, 0.3) is 0 Å². The SMILES string of the molecule is CCOc1cc2nc(-c3cccc(C(F)(F)F)c3)c(C[N+]3(C4CCNCC4)CCCCC3)c(C(=O)OC)c2cc1Cl. The average Bonchev–Trinajstić information content (AvgIpc) is 2.98. The molecule has 0 saturated carbocycles. The van der Waals surface area contributed by atoms with Gasteiger partial charge in [0.15, 0.2) is 0 Å². The molecule has 0 unspecified atom stereocenters. The summed E-state index contributed by atoms with van der Waals surface area (Å²) in [4.78, 5) is 18.5. The van der Waals surface area contributed by atoms with E-state index in [0.29, 0.717) is 63.3 Å². The Morgan fingerprint density at radius 1 is 1.12 bits per heavy atom. The molecule has 0 spiro atoms. The molecule has 5 rings (SSSR count).